The van der Waals surface area contributed by atoms with Gasteiger partial charge in [-0.1, -0.05) is 6.07 Å². The third kappa shape index (κ3) is 5.70. The molecular formula is C10H11BrClF4N. The molecule has 0 aliphatic rings. The smallest absolute Gasteiger partial charge is 0.324 e. The second kappa shape index (κ2) is 6.56. The predicted octanol–water partition coefficient (Wildman–Crippen LogP) is 4.35. The lowest BCUT2D eigenvalue weighted by molar-refractivity contribution is -0.136. The first-order valence-electron chi connectivity index (χ1n) is 4.57. The molecule has 2 N–H and O–H groups in total. The van der Waals surface area contributed by atoms with Crippen molar-refractivity contribution in [1.29, 1.82) is 0 Å². The molecular weight excluding hydrogens is 325 g/mol. The van der Waals surface area contributed by atoms with Crippen LogP contribution in [0.15, 0.2) is 22.7 Å². The topological polar surface area (TPSA) is 26.0 Å². The van der Waals surface area contributed by atoms with Gasteiger partial charge in [-0.05, 0) is 40.0 Å². The van der Waals surface area contributed by atoms with Crippen LogP contribution in [0.5, 0.6) is 0 Å². The molecule has 0 spiro atoms. The molecule has 0 radical (unpaired) electrons. The minimum Gasteiger partial charge on any atom is -0.324 e. The Labute approximate surface area is 111 Å². The van der Waals surface area contributed by atoms with Crippen molar-refractivity contribution in [3.05, 3.63) is 34.1 Å². The van der Waals surface area contributed by atoms with Crippen molar-refractivity contribution in [1.82, 2.24) is 0 Å². The summed E-state index contributed by atoms with van der Waals surface area (Å²) in [6, 6.07) is 3.28. The molecule has 17 heavy (non-hydrogen) atoms. The summed E-state index contributed by atoms with van der Waals surface area (Å²) in [6.07, 6.45) is -5.44. The van der Waals surface area contributed by atoms with E-state index in [1.807, 2.05) is 0 Å². The zero-order valence-electron chi connectivity index (χ0n) is 8.60. The number of hydrogen-bond donors (Lipinski definition) is 1. The normalized spacial score (nSPS) is 13.1. The standard InChI is InChI=1S/C10H10BrF4N.ClH/c11-7-2-1-6(5-8(7)12)9(16)3-4-10(13,14)15;/h1-2,5,9H,3-4,16H2;1H/t9-;/m1./s1. The highest BCUT2D eigenvalue weighted by Crippen LogP contribution is 2.27. The van der Waals surface area contributed by atoms with E-state index in [1.165, 1.54) is 12.1 Å². The van der Waals surface area contributed by atoms with Crippen molar-refractivity contribution in [3.8, 4) is 0 Å². The highest BCUT2D eigenvalue weighted by molar-refractivity contribution is 9.10. The minimum absolute atomic E-state index is 0. The van der Waals surface area contributed by atoms with Gasteiger partial charge in [0.05, 0.1) is 4.47 Å². The van der Waals surface area contributed by atoms with Crippen LogP contribution in [0.2, 0.25) is 0 Å². The van der Waals surface area contributed by atoms with Gasteiger partial charge in [0.15, 0.2) is 0 Å². The molecule has 1 aromatic carbocycles. The first-order valence-corrected chi connectivity index (χ1v) is 5.36. The Morgan fingerprint density at radius 3 is 2.35 bits per heavy atom. The van der Waals surface area contributed by atoms with E-state index in [9.17, 15) is 17.6 Å². The van der Waals surface area contributed by atoms with Crippen LogP contribution in [0.3, 0.4) is 0 Å². The highest BCUT2D eigenvalue weighted by atomic mass is 79.9. The van der Waals surface area contributed by atoms with Crippen LogP contribution in [0.25, 0.3) is 0 Å². The van der Waals surface area contributed by atoms with Gasteiger partial charge >= 0.3 is 6.18 Å². The molecule has 0 unspecified atom stereocenters. The summed E-state index contributed by atoms with van der Waals surface area (Å²) >= 11 is 2.95. The maximum absolute atomic E-state index is 13.1. The molecule has 1 nitrogen and oxygen atoms in total. The molecule has 0 aromatic heterocycles. The lowest BCUT2D eigenvalue weighted by atomic mass is 10.0. The molecule has 0 saturated heterocycles. The summed E-state index contributed by atoms with van der Waals surface area (Å²) in [5.74, 6) is -0.528. The molecule has 1 rings (SSSR count). The van der Waals surface area contributed by atoms with Crippen molar-refractivity contribution < 1.29 is 17.6 Å². The van der Waals surface area contributed by atoms with E-state index in [-0.39, 0.29) is 23.3 Å². The van der Waals surface area contributed by atoms with Crippen LogP contribution in [0.4, 0.5) is 17.6 Å². The van der Waals surface area contributed by atoms with E-state index in [0.29, 0.717) is 5.56 Å². The Balaban J connectivity index is 0.00000256. The fourth-order valence-electron chi connectivity index (χ4n) is 1.23. The summed E-state index contributed by atoms with van der Waals surface area (Å²) in [5, 5.41) is 0. The number of alkyl halides is 3. The maximum Gasteiger partial charge on any atom is 0.389 e. The monoisotopic (exact) mass is 335 g/mol. The quantitative estimate of drug-likeness (QED) is 0.816. The van der Waals surface area contributed by atoms with Crippen LogP contribution in [0.1, 0.15) is 24.4 Å². The van der Waals surface area contributed by atoms with Crippen molar-refractivity contribution in [3.63, 3.8) is 0 Å². The third-order valence-corrected chi connectivity index (χ3v) is 2.75. The highest BCUT2D eigenvalue weighted by Gasteiger charge is 2.27. The third-order valence-electron chi connectivity index (χ3n) is 2.11. The van der Waals surface area contributed by atoms with Gasteiger partial charge in [0.2, 0.25) is 0 Å². The summed E-state index contributed by atoms with van der Waals surface area (Å²) in [6.45, 7) is 0. The van der Waals surface area contributed by atoms with Gasteiger partial charge in [0.1, 0.15) is 5.82 Å². The van der Waals surface area contributed by atoms with Gasteiger partial charge in [-0.3, -0.25) is 0 Å². The summed E-state index contributed by atoms with van der Waals surface area (Å²) in [4.78, 5) is 0. The Bertz CT molecular complexity index is 370. The molecule has 98 valence electrons. The Hall–Kier alpha value is -0.330. The molecule has 0 amide bonds. The molecule has 7 heteroatoms. The lowest BCUT2D eigenvalue weighted by Gasteiger charge is -2.13. The second-order valence-electron chi connectivity index (χ2n) is 3.43. The molecule has 1 aromatic rings. The first-order chi connectivity index (χ1) is 7.29. The van der Waals surface area contributed by atoms with E-state index in [0.717, 1.165) is 6.07 Å². The van der Waals surface area contributed by atoms with Gasteiger partial charge in [-0.15, -0.1) is 12.4 Å². The van der Waals surface area contributed by atoms with Crippen LogP contribution in [-0.4, -0.2) is 6.18 Å². The number of benzene rings is 1. The molecule has 0 heterocycles. The number of halogens is 6. The van der Waals surface area contributed by atoms with Gasteiger partial charge < -0.3 is 5.73 Å². The van der Waals surface area contributed by atoms with Crippen LogP contribution < -0.4 is 5.73 Å². The van der Waals surface area contributed by atoms with Crippen LogP contribution in [-0.2, 0) is 0 Å². The van der Waals surface area contributed by atoms with E-state index in [1.54, 1.807) is 0 Å². The molecule has 0 saturated carbocycles. The average molecular weight is 337 g/mol. The molecule has 0 fully saturated rings. The number of hydrogen-bond acceptors (Lipinski definition) is 1. The van der Waals surface area contributed by atoms with Gasteiger partial charge in [0.25, 0.3) is 0 Å². The Kier molecular flexibility index (Phi) is 6.43. The van der Waals surface area contributed by atoms with Crippen molar-refractivity contribution >= 4 is 28.3 Å². The van der Waals surface area contributed by atoms with Crippen molar-refractivity contribution in [2.45, 2.75) is 25.1 Å². The molecule has 1 atom stereocenters. The fourth-order valence-corrected chi connectivity index (χ4v) is 1.48. The maximum atomic E-state index is 13.1. The van der Waals surface area contributed by atoms with E-state index >= 15 is 0 Å². The zero-order chi connectivity index (χ0) is 12.3. The predicted molar refractivity (Wildman–Crippen MR) is 63.6 cm³/mol. The van der Waals surface area contributed by atoms with Crippen LogP contribution >= 0.6 is 28.3 Å². The minimum atomic E-state index is -4.23. The van der Waals surface area contributed by atoms with Crippen molar-refractivity contribution in [2.75, 3.05) is 0 Å². The fraction of sp³-hybridized carbons (Fsp3) is 0.400. The summed E-state index contributed by atoms with van der Waals surface area (Å²) in [7, 11) is 0. The van der Waals surface area contributed by atoms with E-state index < -0.39 is 24.5 Å². The van der Waals surface area contributed by atoms with Crippen molar-refractivity contribution in [2.24, 2.45) is 5.73 Å². The second-order valence-corrected chi connectivity index (χ2v) is 4.29. The van der Waals surface area contributed by atoms with E-state index in [2.05, 4.69) is 15.9 Å². The lowest BCUT2D eigenvalue weighted by Crippen LogP contribution is -2.15. The summed E-state index contributed by atoms with van der Waals surface area (Å²) in [5.41, 5.74) is 5.90. The Morgan fingerprint density at radius 1 is 1.29 bits per heavy atom. The molecule has 0 aliphatic heterocycles. The Morgan fingerprint density at radius 2 is 1.88 bits per heavy atom. The number of nitrogens with two attached hydrogens (primary N) is 1. The largest absolute Gasteiger partial charge is 0.389 e. The van der Waals surface area contributed by atoms with Crippen LogP contribution in [0, 0.1) is 5.82 Å². The number of rotatable bonds is 3. The van der Waals surface area contributed by atoms with E-state index in [4.69, 9.17) is 5.73 Å². The zero-order valence-corrected chi connectivity index (χ0v) is 11.0. The molecule has 0 bridgehead atoms. The first kappa shape index (κ1) is 16.7. The average Bonchev–Trinajstić information content (AvgIpc) is 2.17. The van der Waals surface area contributed by atoms with Gasteiger partial charge in [0, 0.05) is 12.5 Å². The summed E-state index contributed by atoms with van der Waals surface area (Å²) < 4.78 is 49.2. The van der Waals surface area contributed by atoms with Gasteiger partial charge in [-0.2, -0.15) is 13.2 Å². The molecule has 0 aliphatic carbocycles. The van der Waals surface area contributed by atoms with Gasteiger partial charge in [-0.25, -0.2) is 4.39 Å². The SMILES string of the molecule is Cl.N[C@H](CCC(F)(F)F)c1ccc(Br)c(F)c1.